The van der Waals surface area contributed by atoms with Gasteiger partial charge in [-0.3, -0.25) is 0 Å². The number of rotatable bonds is 4. The minimum atomic E-state index is -0.983. The Kier molecular flexibility index (Phi) is 4.68. The topological polar surface area (TPSA) is 46.5 Å². The van der Waals surface area contributed by atoms with Gasteiger partial charge in [-0.1, -0.05) is 18.5 Å². The molecule has 0 saturated carbocycles. The largest absolute Gasteiger partial charge is 0.478 e. The average Bonchev–Trinajstić information content (AvgIpc) is 2.40. The van der Waals surface area contributed by atoms with Gasteiger partial charge in [0.2, 0.25) is 0 Å². The SMILES string of the molecule is CCc1cc(Oc2ccc(C(=O)O)c(Br)c2)ccc1Cl. The molecule has 0 aromatic heterocycles. The molecule has 0 aliphatic carbocycles. The number of halogens is 2. The number of hydrogen-bond acceptors (Lipinski definition) is 2. The summed E-state index contributed by atoms with van der Waals surface area (Å²) in [6, 6.07) is 10.2. The van der Waals surface area contributed by atoms with Gasteiger partial charge >= 0.3 is 5.97 Å². The zero-order valence-corrected chi connectivity index (χ0v) is 13.0. The second-order valence-electron chi connectivity index (χ2n) is 4.16. The van der Waals surface area contributed by atoms with Crippen molar-refractivity contribution in [2.45, 2.75) is 13.3 Å². The summed E-state index contributed by atoms with van der Waals surface area (Å²) in [5.41, 5.74) is 1.20. The third kappa shape index (κ3) is 3.32. The Morgan fingerprint density at radius 1 is 1.25 bits per heavy atom. The van der Waals surface area contributed by atoms with E-state index in [4.69, 9.17) is 21.4 Å². The van der Waals surface area contributed by atoms with Gasteiger partial charge in [0.25, 0.3) is 0 Å². The monoisotopic (exact) mass is 354 g/mol. The van der Waals surface area contributed by atoms with Crippen LogP contribution in [0.25, 0.3) is 0 Å². The average molecular weight is 356 g/mol. The maximum atomic E-state index is 10.9. The van der Waals surface area contributed by atoms with Gasteiger partial charge in [0.15, 0.2) is 0 Å². The zero-order chi connectivity index (χ0) is 14.7. The van der Waals surface area contributed by atoms with E-state index in [9.17, 15) is 4.79 Å². The van der Waals surface area contributed by atoms with Gasteiger partial charge in [0.05, 0.1) is 5.56 Å². The summed E-state index contributed by atoms with van der Waals surface area (Å²) < 4.78 is 6.19. The van der Waals surface area contributed by atoms with Crippen LogP contribution in [0.2, 0.25) is 5.02 Å². The Morgan fingerprint density at radius 3 is 2.50 bits per heavy atom. The minimum Gasteiger partial charge on any atom is -0.478 e. The highest BCUT2D eigenvalue weighted by Crippen LogP contribution is 2.29. The molecule has 1 N–H and O–H groups in total. The van der Waals surface area contributed by atoms with Crippen LogP contribution in [0.3, 0.4) is 0 Å². The van der Waals surface area contributed by atoms with Crippen LogP contribution < -0.4 is 4.74 Å². The normalized spacial score (nSPS) is 10.3. The summed E-state index contributed by atoms with van der Waals surface area (Å²) in [5, 5.41) is 9.67. The molecular formula is C15H12BrClO3. The van der Waals surface area contributed by atoms with Crippen LogP contribution >= 0.6 is 27.5 Å². The summed E-state index contributed by atoms with van der Waals surface area (Å²) in [4.78, 5) is 10.9. The summed E-state index contributed by atoms with van der Waals surface area (Å²) in [6.07, 6.45) is 0.817. The quantitative estimate of drug-likeness (QED) is 0.824. The van der Waals surface area contributed by atoms with Crippen molar-refractivity contribution in [1.29, 1.82) is 0 Å². The molecule has 104 valence electrons. The molecule has 0 amide bonds. The van der Waals surface area contributed by atoms with Crippen molar-refractivity contribution >= 4 is 33.5 Å². The molecule has 20 heavy (non-hydrogen) atoms. The van der Waals surface area contributed by atoms with Crippen molar-refractivity contribution in [3.8, 4) is 11.5 Å². The number of aromatic carboxylic acids is 1. The summed E-state index contributed by atoms with van der Waals surface area (Å²) in [6.45, 7) is 2.02. The first-order chi connectivity index (χ1) is 9.51. The first-order valence-electron chi connectivity index (χ1n) is 6.00. The van der Waals surface area contributed by atoms with Crippen molar-refractivity contribution in [3.63, 3.8) is 0 Å². The lowest BCUT2D eigenvalue weighted by Crippen LogP contribution is -1.97. The number of benzene rings is 2. The van der Waals surface area contributed by atoms with Gasteiger partial charge in [-0.15, -0.1) is 0 Å². The number of carboxylic acids is 1. The lowest BCUT2D eigenvalue weighted by molar-refractivity contribution is 0.0696. The molecule has 0 unspecified atom stereocenters. The van der Waals surface area contributed by atoms with Crippen molar-refractivity contribution in [2.75, 3.05) is 0 Å². The molecule has 3 nitrogen and oxygen atoms in total. The molecule has 0 saturated heterocycles. The van der Waals surface area contributed by atoms with Gasteiger partial charge in [0, 0.05) is 9.50 Å². The van der Waals surface area contributed by atoms with Crippen molar-refractivity contribution in [1.82, 2.24) is 0 Å². The van der Waals surface area contributed by atoms with Crippen LogP contribution in [-0.4, -0.2) is 11.1 Å². The maximum absolute atomic E-state index is 10.9. The van der Waals surface area contributed by atoms with E-state index in [1.54, 1.807) is 24.3 Å². The van der Waals surface area contributed by atoms with Crippen LogP contribution in [0.1, 0.15) is 22.8 Å². The predicted molar refractivity (Wildman–Crippen MR) is 82.0 cm³/mol. The van der Waals surface area contributed by atoms with E-state index < -0.39 is 5.97 Å². The zero-order valence-electron chi connectivity index (χ0n) is 10.7. The molecule has 2 rings (SSSR count). The fourth-order valence-electron chi connectivity index (χ4n) is 1.75. The predicted octanol–water partition coefficient (Wildman–Crippen LogP) is 5.16. The summed E-state index contributed by atoms with van der Waals surface area (Å²) in [5.74, 6) is 0.246. The number of hydrogen-bond donors (Lipinski definition) is 1. The summed E-state index contributed by atoms with van der Waals surface area (Å²) >= 11 is 9.27. The molecule has 0 aliphatic rings. The Balaban J connectivity index is 2.26. The van der Waals surface area contributed by atoms with Gasteiger partial charge in [0.1, 0.15) is 11.5 Å². The van der Waals surface area contributed by atoms with E-state index in [1.807, 2.05) is 13.0 Å². The van der Waals surface area contributed by atoms with E-state index >= 15 is 0 Å². The summed E-state index contributed by atoms with van der Waals surface area (Å²) in [7, 11) is 0. The second kappa shape index (κ2) is 6.29. The number of aryl methyl sites for hydroxylation is 1. The van der Waals surface area contributed by atoms with E-state index in [0.29, 0.717) is 21.0 Å². The fraction of sp³-hybridized carbons (Fsp3) is 0.133. The first-order valence-corrected chi connectivity index (χ1v) is 7.17. The highest BCUT2D eigenvalue weighted by Gasteiger charge is 2.10. The lowest BCUT2D eigenvalue weighted by atomic mass is 10.1. The standard InChI is InChI=1S/C15H12BrClO3/c1-2-9-7-10(4-6-14(9)17)20-11-3-5-12(15(18)19)13(16)8-11/h3-8H,2H2,1H3,(H,18,19). The molecule has 2 aromatic carbocycles. The molecule has 0 heterocycles. The lowest BCUT2D eigenvalue weighted by Gasteiger charge is -2.09. The number of carbonyl (C=O) groups is 1. The van der Waals surface area contributed by atoms with E-state index in [0.717, 1.165) is 12.0 Å². The van der Waals surface area contributed by atoms with Crippen LogP contribution in [-0.2, 0) is 6.42 Å². The van der Waals surface area contributed by atoms with Crippen LogP contribution in [0.5, 0.6) is 11.5 Å². The van der Waals surface area contributed by atoms with E-state index in [2.05, 4.69) is 15.9 Å². The fourth-order valence-corrected chi connectivity index (χ4v) is 2.53. The second-order valence-corrected chi connectivity index (χ2v) is 5.42. The third-order valence-corrected chi connectivity index (χ3v) is 3.83. The van der Waals surface area contributed by atoms with Gasteiger partial charge in [-0.25, -0.2) is 4.79 Å². The molecule has 5 heteroatoms. The van der Waals surface area contributed by atoms with E-state index in [1.165, 1.54) is 6.07 Å². The number of carboxylic acid groups (broad SMARTS) is 1. The van der Waals surface area contributed by atoms with Gasteiger partial charge < -0.3 is 9.84 Å². The minimum absolute atomic E-state index is 0.197. The molecule has 2 aromatic rings. The molecule has 0 fully saturated rings. The molecule has 0 spiro atoms. The van der Waals surface area contributed by atoms with Gasteiger partial charge in [-0.2, -0.15) is 0 Å². The van der Waals surface area contributed by atoms with Crippen LogP contribution in [0, 0.1) is 0 Å². The Hall–Kier alpha value is -1.52. The molecule has 0 aliphatic heterocycles. The first kappa shape index (κ1) is 14.9. The van der Waals surface area contributed by atoms with Crippen molar-refractivity contribution < 1.29 is 14.6 Å². The Labute approximate surface area is 130 Å². The molecular weight excluding hydrogens is 344 g/mol. The molecule has 0 radical (unpaired) electrons. The number of ether oxygens (including phenoxy) is 1. The van der Waals surface area contributed by atoms with Gasteiger partial charge in [-0.05, 0) is 64.3 Å². The highest BCUT2D eigenvalue weighted by atomic mass is 79.9. The Bertz CT molecular complexity index is 656. The van der Waals surface area contributed by atoms with Crippen molar-refractivity contribution in [3.05, 3.63) is 57.0 Å². The molecule has 0 atom stereocenters. The third-order valence-electron chi connectivity index (χ3n) is 2.80. The highest BCUT2D eigenvalue weighted by molar-refractivity contribution is 9.10. The maximum Gasteiger partial charge on any atom is 0.336 e. The Morgan fingerprint density at radius 2 is 1.90 bits per heavy atom. The van der Waals surface area contributed by atoms with Crippen LogP contribution in [0.4, 0.5) is 0 Å². The smallest absolute Gasteiger partial charge is 0.336 e. The van der Waals surface area contributed by atoms with Crippen LogP contribution in [0.15, 0.2) is 40.9 Å². The van der Waals surface area contributed by atoms with E-state index in [-0.39, 0.29) is 5.56 Å². The van der Waals surface area contributed by atoms with Crippen molar-refractivity contribution in [2.24, 2.45) is 0 Å². The molecule has 0 bridgehead atoms.